The molecule has 0 bridgehead atoms. The minimum Gasteiger partial charge on any atom is -0.441 e. The van der Waals surface area contributed by atoms with E-state index in [2.05, 4.69) is 16.9 Å². The lowest BCUT2D eigenvalue weighted by atomic mass is 9.82. The molecule has 2 fully saturated rings. The lowest BCUT2D eigenvalue weighted by Gasteiger charge is -2.39. The molecule has 47 heavy (non-hydrogen) atoms. The molecule has 0 aliphatic carbocycles. The van der Waals surface area contributed by atoms with Crippen LogP contribution >= 0.6 is 0 Å². The molecule has 3 aliphatic heterocycles. The van der Waals surface area contributed by atoms with Crippen LogP contribution in [0.4, 0.5) is 15.5 Å². The number of aliphatic hydroxyl groups is 1. The van der Waals surface area contributed by atoms with E-state index < -0.39 is 43.8 Å². The van der Waals surface area contributed by atoms with Crippen LogP contribution in [-0.2, 0) is 36.0 Å². The summed E-state index contributed by atoms with van der Waals surface area (Å²) in [7, 11) is -3.42. The van der Waals surface area contributed by atoms with Gasteiger partial charge in [0.15, 0.2) is 11.8 Å². The van der Waals surface area contributed by atoms with Crippen molar-refractivity contribution in [1.29, 1.82) is 0 Å². The molecular formula is C34H40FN5O6Si. The van der Waals surface area contributed by atoms with Crippen LogP contribution in [0.1, 0.15) is 49.4 Å². The van der Waals surface area contributed by atoms with Crippen molar-refractivity contribution in [3.63, 3.8) is 0 Å². The minimum absolute atomic E-state index is 0.0659. The largest absolute Gasteiger partial charge is 0.441 e. The summed E-state index contributed by atoms with van der Waals surface area (Å²) in [4.78, 5) is 41.7. The third-order valence-electron chi connectivity index (χ3n) is 9.68. The summed E-state index contributed by atoms with van der Waals surface area (Å²) in [6, 6.07) is 14.8. The molecule has 2 saturated heterocycles. The van der Waals surface area contributed by atoms with E-state index in [1.165, 1.54) is 11.8 Å². The molecule has 0 saturated carbocycles. The minimum atomic E-state index is -3.42. The Hall–Kier alpha value is -4.20. The van der Waals surface area contributed by atoms with Gasteiger partial charge in [-0.25, -0.2) is 0 Å². The smallest absolute Gasteiger partial charge is 0.304 e. The first kappa shape index (κ1) is 32.7. The number of esters is 1. The van der Waals surface area contributed by atoms with Gasteiger partial charge in [0, 0.05) is 48.9 Å². The first-order chi connectivity index (χ1) is 22.4. The number of carbonyl (C=O) groups is 3. The summed E-state index contributed by atoms with van der Waals surface area (Å²) in [5.41, 5.74) is 1.14. The third kappa shape index (κ3) is 5.59. The molecule has 11 nitrogen and oxygen atoms in total. The summed E-state index contributed by atoms with van der Waals surface area (Å²) in [5.74, 6) is -1.88. The van der Waals surface area contributed by atoms with Gasteiger partial charge in [0.05, 0.1) is 36.4 Å². The van der Waals surface area contributed by atoms with Crippen LogP contribution in [0.5, 0.6) is 0 Å². The van der Waals surface area contributed by atoms with Gasteiger partial charge in [-0.05, 0) is 43.3 Å². The Bertz CT molecular complexity index is 1700. The fourth-order valence-electron chi connectivity index (χ4n) is 7.65. The standard InChI is InChI=1S/C34H40FN5O6Si/c1-6-15-39-28-13-12-24(40-30(43)18-31(40)45-22(3)42)17-26(28)34(33(39)44)21(2)32(47(4,5)35)29(46-34)14-16-38-19-27(36-37-38)25(20-41)23-10-8-7-9-11-23/h6-13,17,19,21,25,29,31-32,41H,1,14-16,18,20H2,2-5H3/t21-,25?,29+,31?,32-,34+/m1/s1. The van der Waals surface area contributed by atoms with Crippen molar-refractivity contribution in [3.05, 3.63) is 84.2 Å². The second kappa shape index (κ2) is 12.4. The lowest BCUT2D eigenvalue weighted by Crippen LogP contribution is -2.55. The number of ether oxygens (including phenoxy) is 2. The van der Waals surface area contributed by atoms with Crippen molar-refractivity contribution < 1.29 is 33.1 Å². The quantitative estimate of drug-likeness (QED) is 0.105. The summed E-state index contributed by atoms with van der Waals surface area (Å²) in [6.45, 7) is 10.7. The van der Waals surface area contributed by atoms with Gasteiger partial charge in [0.2, 0.25) is 14.3 Å². The molecule has 4 heterocycles. The van der Waals surface area contributed by atoms with Crippen LogP contribution in [0.2, 0.25) is 18.6 Å². The second-order valence-corrected chi connectivity index (χ2v) is 16.8. The number of fused-ring (bicyclic) bond motifs is 2. The van der Waals surface area contributed by atoms with Crippen molar-refractivity contribution in [3.8, 4) is 0 Å². The molecule has 3 aliphatic rings. The second-order valence-electron chi connectivity index (χ2n) is 13.0. The number of carbonyl (C=O) groups excluding carboxylic acids is 3. The Morgan fingerprint density at radius 2 is 2.00 bits per heavy atom. The molecule has 3 aromatic rings. The normalized spacial score (nSPS) is 26.0. The van der Waals surface area contributed by atoms with Gasteiger partial charge in [-0.3, -0.25) is 24.0 Å². The average molecular weight is 662 g/mol. The van der Waals surface area contributed by atoms with Crippen LogP contribution < -0.4 is 9.80 Å². The number of nitrogens with zero attached hydrogens (tertiary/aromatic N) is 5. The van der Waals surface area contributed by atoms with E-state index in [0.29, 0.717) is 35.6 Å². The maximum atomic E-state index is 16.3. The number of hydrogen-bond acceptors (Lipinski definition) is 8. The number of aryl methyl sites for hydroxylation is 1. The number of β-lactam (4-membered cyclic amide) rings is 1. The van der Waals surface area contributed by atoms with Crippen LogP contribution in [0.25, 0.3) is 0 Å². The van der Waals surface area contributed by atoms with Crippen LogP contribution in [-0.4, -0.2) is 71.8 Å². The summed E-state index contributed by atoms with van der Waals surface area (Å²) < 4.78 is 30.1. The highest BCUT2D eigenvalue weighted by Crippen LogP contribution is 2.60. The average Bonchev–Trinajstić information content (AvgIpc) is 3.67. The molecule has 0 radical (unpaired) electrons. The van der Waals surface area contributed by atoms with Gasteiger partial charge < -0.3 is 23.6 Å². The van der Waals surface area contributed by atoms with E-state index in [1.807, 2.05) is 37.3 Å². The molecule has 6 atom stereocenters. The van der Waals surface area contributed by atoms with E-state index >= 15 is 4.11 Å². The highest BCUT2D eigenvalue weighted by Gasteiger charge is 2.66. The van der Waals surface area contributed by atoms with E-state index in [1.54, 1.807) is 53.1 Å². The maximum absolute atomic E-state index is 16.3. The molecule has 6 rings (SSSR count). The van der Waals surface area contributed by atoms with Crippen molar-refractivity contribution in [2.45, 2.75) is 75.7 Å². The van der Waals surface area contributed by atoms with E-state index in [-0.39, 0.29) is 37.3 Å². The van der Waals surface area contributed by atoms with Crippen molar-refractivity contribution in [2.75, 3.05) is 23.0 Å². The summed E-state index contributed by atoms with van der Waals surface area (Å²) in [5, 5.41) is 18.7. The first-order valence-electron chi connectivity index (χ1n) is 15.9. The summed E-state index contributed by atoms with van der Waals surface area (Å²) >= 11 is 0. The predicted octanol–water partition coefficient (Wildman–Crippen LogP) is 4.43. The van der Waals surface area contributed by atoms with E-state index in [4.69, 9.17) is 9.47 Å². The van der Waals surface area contributed by atoms with Gasteiger partial charge in [-0.2, -0.15) is 0 Å². The van der Waals surface area contributed by atoms with Gasteiger partial charge >= 0.3 is 5.97 Å². The molecule has 2 amide bonds. The Morgan fingerprint density at radius 1 is 1.26 bits per heavy atom. The van der Waals surface area contributed by atoms with Gasteiger partial charge in [-0.1, -0.05) is 48.5 Å². The fourth-order valence-corrected chi connectivity index (χ4v) is 10.2. The SMILES string of the molecule is C=CCN1C(=O)[C@@]2(O[C@@H](CCn3cc(C(CO)c4ccccc4)nn3)[C@H]([Si](C)(C)F)[C@H]2C)c2cc(N3C(=O)CC3OC(C)=O)ccc21. The zero-order chi connectivity index (χ0) is 33.7. The van der Waals surface area contributed by atoms with Crippen LogP contribution in [0, 0.1) is 5.92 Å². The first-order valence-corrected chi connectivity index (χ1v) is 18.9. The highest BCUT2D eigenvalue weighted by molar-refractivity contribution is 6.72. The molecule has 248 valence electrons. The Labute approximate surface area is 274 Å². The fraction of sp³-hybridized carbons (Fsp3) is 0.441. The Morgan fingerprint density at radius 3 is 2.64 bits per heavy atom. The number of benzene rings is 2. The number of amides is 2. The number of hydrogen-bond donors (Lipinski definition) is 1. The lowest BCUT2D eigenvalue weighted by molar-refractivity contribution is -0.153. The molecule has 1 spiro atoms. The number of rotatable bonds is 11. The van der Waals surface area contributed by atoms with E-state index in [9.17, 15) is 19.5 Å². The zero-order valence-electron chi connectivity index (χ0n) is 27.0. The van der Waals surface area contributed by atoms with Crippen molar-refractivity contribution in [1.82, 2.24) is 15.0 Å². The monoisotopic (exact) mass is 661 g/mol. The third-order valence-corrected chi connectivity index (χ3v) is 12.1. The number of anilines is 2. The predicted molar refractivity (Wildman–Crippen MR) is 175 cm³/mol. The topological polar surface area (TPSA) is 127 Å². The Kier molecular flexibility index (Phi) is 8.66. The Balaban J connectivity index is 1.32. The number of aliphatic hydroxyl groups excluding tert-OH is 1. The molecule has 1 aromatic heterocycles. The van der Waals surface area contributed by atoms with Crippen LogP contribution in [0.3, 0.4) is 0 Å². The summed E-state index contributed by atoms with van der Waals surface area (Å²) in [6.07, 6.45) is 2.50. The van der Waals surface area contributed by atoms with Crippen molar-refractivity contribution >= 4 is 37.6 Å². The highest BCUT2D eigenvalue weighted by atomic mass is 28.4. The maximum Gasteiger partial charge on any atom is 0.304 e. The molecule has 2 unspecified atom stereocenters. The number of halogens is 1. The molecule has 13 heteroatoms. The van der Waals surface area contributed by atoms with E-state index in [0.717, 1.165) is 5.56 Å². The number of aromatic nitrogens is 3. The molecular weight excluding hydrogens is 621 g/mol. The van der Waals surface area contributed by atoms with Gasteiger partial charge in [0.25, 0.3) is 5.91 Å². The van der Waals surface area contributed by atoms with Gasteiger partial charge in [0.1, 0.15) is 0 Å². The zero-order valence-corrected chi connectivity index (χ0v) is 28.0. The van der Waals surface area contributed by atoms with Crippen molar-refractivity contribution in [2.24, 2.45) is 5.92 Å². The molecule has 2 aromatic carbocycles. The van der Waals surface area contributed by atoms with Crippen LogP contribution in [0.15, 0.2) is 67.4 Å². The molecule has 1 N–H and O–H groups in total. The van der Waals surface area contributed by atoms with Gasteiger partial charge in [-0.15, -0.1) is 11.7 Å².